The maximum absolute atomic E-state index is 13.1. The summed E-state index contributed by atoms with van der Waals surface area (Å²) in [6, 6.07) is 8.40. The normalized spacial score (nSPS) is 12.7. The maximum atomic E-state index is 13.1. The van der Waals surface area contributed by atoms with Crippen molar-refractivity contribution < 1.29 is 8.81 Å². The lowest BCUT2D eigenvalue weighted by Gasteiger charge is -2.15. The molecular weight excluding hydrogens is 400 g/mol. The topological polar surface area (TPSA) is 25.2 Å². The number of furan rings is 1. The zero-order valence-corrected chi connectivity index (χ0v) is 12.7. The van der Waals surface area contributed by atoms with Crippen molar-refractivity contribution in [3.05, 3.63) is 55.7 Å². The quantitative estimate of drug-likeness (QED) is 0.772. The molecule has 2 nitrogen and oxygen atoms in total. The number of benzene rings is 1. The Bertz CT molecular complexity index is 529. The van der Waals surface area contributed by atoms with Crippen LogP contribution in [0.5, 0.6) is 0 Å². The predicted octanol–water partition coefficient (Wildman–Crippen LogP) is 4.09. The first-order valence-electron chi connectivity index (χ1n) is 4.99. The van der Waals surface area contributed by atoms with E-state index >= 15 is 0 Å². The second-order valence-electron chi connectivity index (χ2n) is 3.53. The summed E-state index contributed by atoms with van der Waals surface area (Å²) in [5, 5.41) is 3.17. The van der Waals surface area contributed by atoms with Crippen LogP contribution < -0.4 is 5.32 Å². The van der Waals surface area contributed by atoms with Crippen LogP contribution in [0, 0.1) is 9.39 Å². The van der Waals surface area contributed by atoms with E-state index in [2.05, 4.69) is 43.8 Å². The van der Waals surface area contributed by atoms with Gasteiger partial charge in [-0.2, -0.15) is 0 Å². The molecular formula is C12H10BrFINO. The van der Waals surface area contributed by atoms with Crippen LogP contribution in [0.1, 0.15) is 17.4 Å². The monoisotopic (exact) mass is 409 g/mol. The van der Waals surface area contributed by atoms with Crippen LogP contribution in [-0.4, -0.2) is 7.05 Å². The van der Waals surface area contributed by atoms with E-state index in [1.165, 1.54) is 12.1 Å². The summed E-state index contributed by atoms with van der Waals surface area (Å²) < 4.78 is 20.2. The van der Waals surface area contributed by atoms with Crippen LogP contribution in [0.15, 0.2) is 39.4 Å². The van der Waals surface area contributed by atoms with Gasteiger partial charge in [0.05, 0.1) is 6.04 Å². The van der Waals surface area contributed by atoms with Crippen LogP contribution in [0.25, 0.3) is 0 Å². The molecule has 1 N–H and O–H groups in total. The highest BCUT2D eigenvalue weighted by Gasteiger charge is 2.18. The minimum Gasteiger partial charge on any atom is -0.452 e. The minimum absolute atomic E-state index is 0.0752. The summed E-state index contributed by atoms with van der Waals surface area (Å²) in [7, 11) is 1.85. The van der Waals surface area contributed by atoms with Gasteiger partial charge in [-0.3, -0.25) is 0 Å². The zero-order valence-electron chi connectivity index (χ0n) is 9.01. The van der Waals surface area contributed by atoms with E-state index in [-0.39, 0.29) is 11.9 Å². The van der Waals surface area contributed by atoms with E-state index in [1.807, 2.05) is 19.2 Å². The van der Waals surface area contributed by atoms with Crippen molar-refractivity contribution in [2.45, 2.75) is 6.04 Å². The smallest absolute Gasteiger partial charge is 0.169 e. The Morgan fingerprint density at radius 1 is 1.35 bits per heavy atom. The molecule has 17 heavy (non-hydrogen) atoms. The zero-order chi connectivity index (χ0) is 12.4. The van der Waals surface area contributed by atoms with Gasteiger partial charge in [-0.25, -0.2) is 4.39 Å². The average Bonchev–Trinajstić information content (AvgIpc) is 2.69. The molecule has 2 rings (SSSR count). The highest BCUT2D eigenvalue weighted by molar-refractivity contribution is 14.1. The molecule has 0 aliphatic carbocycles. The van der Waals surface area contributed by atoms with Gasteiger partial charge in [0.1, 0.15) is 11.6 Å². The van der Waals surface area contributed by atoms with Gasteiger partial charge in [0.15, 0.2) is 4.67 Å². The van der Waals surface area contributed by atoms with Gasteiger partial charge in [0, 0.05) is 3.57 Å². The molecule has 0 aliphatic heterocycles. The number of rotatable bonds is 3. The molecule has 0 bridgehead atoms. The third-order valence-corrected chi connectivity index (χ3v) is 3.80. The number of hydrogen-bond acceptors (Lipinski definition) is 2. The fourth-order valence-corrected chi connectivity index (χ4v) is 2.78. The molecule has 90 valence electrons. The SMILES string of the molecule is CNC(c1ccc(Br)o1)c1ccc(F)cc1I. The second kappa shape index (κ2) is 5.49. The molecule has 0 saturated carbocycles. The minimum atomic E-state index is -0.228. The average molecular weight is 410 g/mol. The molecule has 0 radical (unpaired) electrons. The van der Waals surface area contributed by atoms with Gasteiger partial charge in [0.2, 0.25) is 0 Å². The molecule has 2 aromatic rings. The molecule has 0 amide bonds. The number of halogens is 3. The molecule has 1 aromatic heterocycles. The molecule has 1 aromatic carbocycles. The van der Waals surface area contributed by atoms with Crippen molar-refractivity contribution in [2.75, 3.05) is 7.05 Å². The van der Waals surface area contributed by atoms with Crippen LogP contribution in [-0.2, 0) is 0 Å². The van der Waals surface area contributed by atoms with Crippen molar-refractivity contribution in [1.29, 1.82) is 0 Å². The molecule has 0 saturated heterocycles. The lowest BCUT2D eigenvalue weighted by atomic mass is 10.0. The van der Waals surface area contributed by atoms with E-state index in [9.17, 15) is 4.39 Å². The van der Waals surface area contributed by atoms with Gasteiger partial charge in [-0.05, 0) is 75.4 Å². The Morgan fingerprint density at radius 2 is 2.12 bits per heavy atom. The Balaban J connectivity index is 2.42. The third-order valence-electron chi connectivity index (χ3n) is 2.44. The summed E-state index contributed by atoms with van der Waals surface area (Å²) in [6.45, 7) is 0. The van der Waals surface area contributed by atoms with E-state index in [0.29, 0.717) is 4.67 Å². The van der Waals surface area contributed by atoms with Gasteiger partial charge in [-0.1, -0.05) is 6.07 Å². The van der Waals surface area contributed by atoms with E-state index < -0.39 is 0 Å². The highest BCUT2D eigenvalue weighted by Crippen LogP contribution is 2.29. The number of nitrogens with one attached hydrogen (secondary N) is 1. The molecule has 1 unspecified atom stereocenters. The summed E-state index contributed by atoms with van der Waals surface area (Å²) in [6.07, 6.45) is 0. The van der Waals surface area contributed by atoms with Crippen LogP contribution in [0.4, 0.5) is 4.39 Å². The van der Waals surface area contributed by atoms with Crippen LogP contribution in [0.2, 0.25) is 0 Å². The molecule has 0 spiro atoms. The van der Waals surface area contributed by atoms with E-state index in [0.717, 1.165) is 14.9 Å². The Kier molecular flexibility index (Phi) is 4.22. The van der Waals surface area contributed by atoms with Gasteiger partial charge in [-0.15, -0.1) is 0 Å². The van der Waals surface area contributed by atoms with Crippen molar-refractivity contribution in [1.82, 2.24) is 5.32 Å². The largest absolute Gasteiger partial charge is 0.452 e. The van der Waals surface area contributed by atoms with Crippen molar-refractivity contribution >= 4 is 38.5 Å². The first-order valence-corrected chi connectivity index (χ1v) is 6.86. The van der Waals surface area contributed by atoms with E-state index in [1.54, 1.807) is 6.07 Å². The van der Waals surface area contributed by atoms with E-state index in [4.69, 9.17) is 4.42 Å². The lowest BCUT2D eigenvalue weighted by molar-refractivity contribution is 0.446. The molecule has 0 fully saturated rings. The van der Waals surface area contributed by atoms with Gasteiger partial charge in [0.25, 0.3) is 0 Å². The summed E-state index contributed by atoms with van der Waals surface area (Å²) in [5.41, 5.74) is 0.997. The van der Waals surface area contributed by atoms with Gasteiger partial charge >= 0.3 is 0 Å². The van der Waals surface area contributed by atoms with Crippen LogP contribution >= 0.6 is 38.5 Å². The van der Waals surface area contributed by atoms with Crippen molar-refractivity contribution in [3.8, 4) is 0 Å². The first kappa shape index (κ1) is 13.0. The molecule has 0 aliphatic rings. The van der Waals surface area contributed by atoms with Crippen molar-refractivity contribution in [3.63, 3.8) is 0 Å². The Hall–Kier alpha value is -0.400. The first-order chi connectivity index (χ1) is 8.11. The number of hydrogen-bond donors (Lipinski definition) is 1. The Labute approximate surface area is 121 Å². The molecule has 1 heterocycles. The third kappa shape index (κ3) is 2.89. The van der Waals surface area contributed by atoms with Crippen molar-refractivity contribution in [2.24, 2.45) is 0 Å². The maximum Gasteiger partial charge on any atom is 0.169 e. The Morgan fingerprint density at radius 3 is 2.65 bits per heavy atom. The predicted molar refractivity (Wildman–Crippen MR) is 76.4 cm³/mol. The molecule has 1 atom stereocenters. The summed E-state index contributed by atoms with van der Waals surface area (Å²) >= 11 is 5.40. The molecule has 5 heteroatoms. The summed E-state index contributed by atoms with van der Waals surface area (Å²) in [4.78, 5) is 0. The van der Waals surface area contributed by atoms with Gasteiger partial charge < -0.3 is 9.73 Å². The standard InChI is InChI=1S/C12H10BrFINO/c1-16-12(10-4-5-11(13)17-10)8-3-2-7(14)6-9(8)15/h2-6,12,16H,1H3. The second-order valence-corrected chi connectivity index (χ2v) is 5.47. The fraction of sp³-hybridized carbons (Fsp3) is 0.167. The highest BCUT2D eigenvalue weighted by atomic mass is 127. The summed E-state index contributed by atoms with van der Waals surface area (Å²) in [5.74, 6) is 0.567. The fourth-order valence-electron chi connectivity index (χ4n) is 1.67. The lowest BCUT2D eigenvalue weighted by Crippen LogP contribution is -2.18. The van der Waals surface area contributed by atoms with Crippen LogP contribution in [0.3, 0.4) is 0 Å².